The molecule has 0 bridgehead atoms. The topological polar surface area (TPSA) is 51.8 Å². The first-order chi connectivity index (χ1) is 8.86. The van der Waals surface area contributed by atoms with Crippen molar-refractivity contribution >= 4 is 11.8 Å². The molecule has 0 aliphatic heterocycles. The van der Waals surface area contributed by atoms with Gasteiger partial charge in [0, 0.05) is 6.20 Å². The van der Waals surface area contributed by atoms with Crippen molar-refractivity contribution in [3.8, 4) is 0 Å². The highest BCUT2D eigenvalue weighted by Gasteiger charge is 2.30. The second-order valence-electron chi connectivity index (χ2n) is 3.82. The lowest BCUT2D eigenvalue weighted by Crippen LogP contribution is -2.05. The lowest BCUT2D eigenvalue weighted by molar-refractivity contribution is -0.137. The molecule has 0 aliphatic rings. The number of aromatic nitrogens is 3. The van der Waals surface area contributed by atoms with Crippen molar-refractivity contribution in [3.05, 3.63) is 35.6 Å². The molecule has 0 aromatic carbocycles. The largest absolute Gasteiger partial charge is 0.417 e. The van der Waals surface area contributed by atoms with Gasteiger partial charge in [0.2, 0.25) is 5.89 Å². The highest BCUT2D eigenvalue weighted by Crippen LogP contribution is 2.34. The van der Waals surface area contributed by atoms with E-state index in [4.69, 9.17) is 4.52 Å². The minimum Gasteiger partial charge on any atom is -0.338 e. The summed E-state index contributed by atoms with van der Waals surface area (Å²) in [6.07, 6.45) is -3.56. The summed E-state index contributed by atoms with van der Waals surface area (Å²) >= 11 is 1.25. The van der Waals surface area contributed by atoms with Gasteiger partial charge in [0.05, 0.1) is 15.8 Å². The third-order valence-electron chi connectivity index (χ3n) is 2.25. The minimum absolute atomic E-state index is 0.176. The van der Waals surface area contributed by atoms with Crippen LogP contribution in [-0.4, -0.2) is 15.1 Å². The first kappa shape index (κ1) is 13.9. The maximum atomic E-state index is 12.4. The summed E-state index contributed by atoms with van der Waals surface area (Å²) in [6.45, 7) is 3.51. The Bertz CT molecular complexity index is 553. The number of aryl methyl sites for hydroxylation is 1. The molecule has 2 aromatic heterocycles. The number of halogens is 3. The van der Waals surface area contributed by atoms with E-state index in [1.165, 1.54) is 17.8 Å². The van der Waals surface area contributed by atoms with Crippen LogP contribution in [0.2, 0.25) is 0 Å². The Morgan fingerprint density at radius 2 is 2.05 bits per heavy atom. The molecule has 0 radical (unpaired) electrons. The van der Waals surface area contributed by atoms with E-state index in [-0.39, 0.29) is 5.25 Å². The minimum atomic E-state index is -4.37. The van der Waals surface area contributed by atoms with Gasteiger partial charge in [0.15, 0.2) is 5.82 Å². The van der Waals surface area contributed by atoms with Gasteiger partial charge in [0.1, 0.15) is 0 Å². The van der Waals surface area contributed by atoms with Crippen LogP contribution < -0.4 is 0 Å². The van der Waals surface area contributed by atoms with Crippen molar-refractivity contribution in [2.24, 2.45) is 0 Å². The molecule has 0 N–H and O–H groups in total. The second kappa shape index (κ2) is 5.20. The zero-order chi connectivity index (χ0) is 14.0. The molecular weight excluding hydrogens is 279 g/mol. The molecule has 102 valence electrons. The van der Waals surface area contributed by atoms with Crippen molar-refractivity contribution in [2.75, 3.05) is 0 Å². The smallest absolute Gasteiger partial charge is 0.338 e. The fourth-order valence-corrected chi connectivity index (χ4v) is 2.15. The fraction of sp³-hybridized carbons (Fsp3) is 0.364. The lowest BCUT2D eigenvalue weighted by atomic mass is 10.3. The monoisotopic (exact) mass is 289 g/mol. The zero-order valence-corrected chi connectivity index (χ0v) is 10.9. The van der Waals surface area contributed by atoms with Gasteiger partial charge in [-0.3, -0.25) is 0 Å². The van der Waals surface area contributed by atoms with Gasteiger partial charge in [-0.2, -0.15) is 18.2 Å². The highest BCUT2D eigenvalue weighted by atomic mass is 32.2. The van der Waals surface area contributed by atoms with E-state index in [9.17, 15) is 13.2 Å². The van der Waals surface area contributed by atoms with Crippen LogP contribution in [0.25, 0.3) is 0 Å². The molecule has 0 amide bonds. The fourth-order valence-electron chi connectivity index (χ4n) is 1.33. The molecule has 0 spiro atoms. The second-order valence-corrected chi connectivity index (χ2v) is 5.18. The van der Waals surface area contributed by atoms with Crippen LogP contribution >= 0.6 is 11.8 Å². The quantitative estimate of drug-likeness (QED) is 0.807. The summed E-state index contributed by atoms with van der Waals surface area (Å²) < 4.78 is 42.1. The van der Waals surface area contributed by atoms with E-state index in [0.717, 1.165) is 12.3 Å². The molecular formula is C11H10F3N3OS. The van der Waals surface area contributed by atoms with Gasteiger partial charge in [-0.15, -0.1) is 0 Å². The SMILES string of the molecule is Cc1noc([C@@H](C)Sc2ccc(C(F)(F)F)cn2)n1. The summed E-state index contributed by atoms with van der Waals surface area (Å²) in [6, 6.07) is 2.33. The maximum absolute atomic E-state index is 12.4. The summed E-state index contributed by atoms with van der Waals surface area (Å²) in [5.74, 6) is 0.937. The molecule has 8 heteroatoms. The Morgan fingerprint density at radius 3 is 2.53 bits per heavy atom. The van der Waals surface area contributed by atoms with Crippen molar-refractivity contribution in [1.29, 1.82) is 0 Å². The van der Waals surface area contributed by atoms with Crippen LogP contribution in [0.1, 0.15) is 29.5 Å². The Hall–Kier alpha value is -1.57. The van der Waals surface area contributed by atoms with Gasteiger partial charge in [-0.1, -0.05) is 16.9 Å². The average molecular weight is 289 g/mol. The molecule has 2 aromatic rings. The van der Waals surface area contributed by atoms with E-state index in [1.54, 1.807) is 6.92 Å². The number of thioether (sulfide) groups is 1. The van der Waals surface area contributed by atoms with Gasteiger partial charge in [-0.25, -0.2) is 4.98 Å². The molecule has 0 fully saturated rings. The van der Waals surface area contributed by atoms with E-state index in [2.05, 4.69) is 15.1 Å². The highest BCUT2D eigenvalue weighted by molar-refractivity contribution is 7.99. The predicted molar refractivity (Wildman–Crippen MR) is 62.5 cm³/mol. The van der Waals surface area contributed by atoms with E-state index < -0.39 is 11.7 Å². The number of hydrogen-bond acceptors (Lipinski definition) is 5. The normalized spacial score (nSPS) is 13.5. The molecule has 0 saturated heterocycles. The van der Waals surface area contributed by atoms with E-state index in [1.807, 2.05) is 6.92 Å². The summed E-state index contributed by atoms with van der Waals surface area (Å²) in [5, 5.41) is 3.95. The third-order valence-corrected chi connectivity index (χ3v) is 3.29. The van der Waals surface area contributed by atoms with Crippen molar-refractivity contribution in [2.45, 2.75) is 30.3 Å². The molecule has 0 unspecified atom stereocenters. The van der Waals surface area contributed by atoms with Gasteiger partial charge < -0.3 is 4.52 Å². The van der Waals surface area contributed by atoms with Crippen molar-refractivity contribution < 1.29 is 17.7 Å². The number of hydrogen-bond donors (Lipinski definition) is 0. The standard InChI is InChI=1S/C11H10F3N3OS/c1-6(10-16-7(2)17-18-10)19-9-4-3-8(5-15-9)11(12,13)14/h3-6H,1-2H3/t6-/m1/s1. The number of rotatable bonds is 3. The predicted octanol–water partition coefficient (Wildman–Crippen LogP) is 3.65. The maximum Gasteiger partial charge on any atom is 0.417 e. The Labute approximate surface area is 111 Å². The van der Waals surface area contributed by atoms with Crippen LogP contribution in [0, 0.1) is 6.92 Å². The average Bonchev–Trinajstić information content (AvgIpc) is 2.75. The van der Waals surface area contributed by atoms with Crippen LogP contribution in [0.5, 0.6) is 0 Å². The molecule has 19 heavy (non-hydrogen) atoms. The Kier molecular flexibility index (Phi) is 3.79. The van der Waals surface area contributed by atoms with Crippen LogP contribution in [-0.2, 0) is 6.18 Å². The molecule has 2 rings (SSSR count). The van der Waals surface area contributed by atoms with Gasteiger partial charge in [0.25, 0.3) is 0 Å². The third kappa shape index (κ3) is 3.46. The molecule has 4 nitrogen and oxygen atoms in total. The number of nitrogens with zero attached hydrogens (tertiary/aromatic N) is 3. The van der Waals surface area contributed by atoms with Crippen LogP contribution in [0.3, 0.4) is 0 Å². The van der Waals surface area contributed by atoms with Crippen molar-refractivity contribution in [3.63, 3.8) is 0 Å². The first-order valence-corrected chi connectivity index (χ1v) is 6.24. The van der Waals surface area contributed by atoms with Gasteiger partial charge in [-0.05, 0) is 26.0 Å². The van der Waals surface area contributed by atoms with E-state index >= 15 is 0 Å². The zero-order valence-electron chi connectivity index (χ0n) is 10.1. The molecule has 0 aliphatic carbocycles. The molecule has 1 atom stereocenters. The summed E-state index contributed by atoms with van der Waals surface area (Å²) in [4.78, 5) is 7.83. The van der Waals surface area contributed by atoms with E-state index in [0.29, 0.717) is 16.7 Å². The Balaban J connectivity index is 2.07. The molecule has 0 saturated carbocycles. The summed E-state index contributed by atoms with van der Waals surface area (Å²) in [5.41, 5.74) is -0.766. The number of alkyl halides is 3. The number of pyridine rings is 1. The Morgan fingerprint density at radius 1 is 1.32 bits per heavy atom. The van der Waals surface area contributed by atoms with Crippen LogP contribution in [0.4, 0.5) is 13.2 Å². The summed E-state index contributed by atoms with van der Waals surface area (Å²) in [7, 11) is 0. The molecule has 2 heterocycles. The van der Waals surface area contributed by atoms with Crippen LogP contribution in [0.15, 0.2) is 27.9 Å². The lowest BCUT2D eigenvalue weighted by Gasteiger charge is -2.08. The first-order valence-electron chi connectivity index (χ1n) is 5.36. The van der Waals surface area contributed by atoms with Crippen molar-refractivity contribution in [1.82, 2.24) is 15.1 Å². The van der Waals surface area contributed by atoms with Gasteiger partial charge >= 0.3 is 6.18 Å².